The van der Waals surface area contributed by atoms with Crippen LogP contribution in [-0.2, 0) is 6.54 Å². The average molecular weight is 492 g/mol. The molecule has 1 aliphatic heterocycles. The number of thioether (sulfide) groups is 1. The first-order chi connectivity index (χ1) is 12.1. The van der Waals surface area contributed by atoms with E-state index in [1.54, 1.807) is 0 Å². The molecule has 26 heavy (non-hydrogen) atoms. The molecule has 0 aliphatic carbocycles. The topological polar surface area (TPSA) is 40.1 Å². The highest BCUT2D eigenvalue weighted by atomic mass is 127. The highest BCUT2D eigenvalue weighted by Gasteiger charge is 2.21. The van der Waals surface area contributed by atoms with Crippen LogP contribution in [0.2, 0.25) is 0 Å². The minimum absolute atomic E-state index is 0. The summed E-state index contributed by atoms with van der Waals surface area (Å²) in [5.74, 6) is 3.11. The Morgan fingerprint density at radius 3 is 2.85 bits per heavy atom. The molecule has 1 heterocycles. The number of benzene rings is 1. The number of hydrogen-bond donors (Lipinski definition) is 1. The number of aliphatic imine (C=N–C) groups is 1. The molecule has 0 saturated carbocycles. The van der Waals surface area contributed by atoms with Gasteiger partial charge in [0.05, 0.1) is 0 Å². The van der Waals surface area contributed by atoms with Gasteiger partial charge in [0.15, 0.2) is 5.96 Å². The highest BCUT2D eigenvalue weighted by molar-refractivity contribution is 14.0. The maximum absolute atomic E-state index is 5.96. The lowest BCUT2D eigenvalue weighted by atomic mass is 10.2. The maximum Gasteiger partial charge on any atom is 0.193 e. The Hall–Kier alpha value is -0.670. The summed E-state index contributed by atoms with van der Waals surface area (Å²) in [4.78, 5) is 8.99. The Labute approximate surface area is 180 Å². The van der Waals surface area contributed by atoms with Gasteiger partial charge in [-0.15, -0.1) is 24.0 Å². The molecule has 1 aliphatic rings. The van der Waals surface area contributed by atoms with Crippen molar-refractivity contribution in [3.05, 3.63) is 29.8 Å². The van der Waals surface area contributed by atoms with Crippen molar-refractivity contribution >= 4 is 41.7 Å². The summed E-state index contributed by atoms with van der Waals surface area (Å²) in [5.41, 5.74) is 1.17. The Morgan fingerprint density at radius 1 is 1.38 bits per heavy atom. The lowest BCUT2D eigenvalue weighted by Gasteiger charge is -2.34. The van der Waals surface area contributed by atoms with Crippen LogP contribution in [0.25, 0.3) is 0 Å². The lowest BCUT2D eigenvalue weighted by Crippen LogP contribution is -2.47. The van der Waals surface area contributed by atoms with E-state index in [1.165, 1.54) is 17.7 Å². The molecule has 5 nitrogen and oxygen atoms in total. The van der Waals surface area contributed by atoms with Crippen molar-refractivity contribution in [3.8, 4) is 5.75 Å². The molecule has 148 valence electrons. The molecule has 0 spiro atoms. The largest absolute Gasteiger partial charge is 0.492 e. The van der Waals surface area contributed by atoms with Crippen LogP contribution in [0.4, 0.5) is 0 Å². The number of rotatable bonds is 7. The minimum Gasteiger partial charge on any atom is -0.492 e. The lowest BCUT2D eigenvalue weighted by molar-refractivity contribution is 0.259. The molecule has 1 aromatic carbocycles. The summed E-state index contributed by atoms with van der Waals surface area (Å²) in [6.07, 6.45) is 1.21. The predicted octanol–water partition coefficient (Wildman–Crippen LogP) is 3.15. The van der Waals surface area contributed by atoms with Crippen molar-refractivity contribution in [1.82, 2.24) is 15.1 Å². The van der Waals surface area contributed by atoms with E-state index in [0.717, 1.165) is 37.9 Å². The predicted molar refractivity (Wildman–Crippen MR) is 124 cm³/mol. The summed E-state index contributed by atoms with van der Waals surface area (Å²) in [6.45, 7) is 6.72. The van der Waals surface area contributed by atoms with E-state index in [1.807, 2.05) is 19.2 Å². The van der Waals surface area contributed by atoms with Crippen LogP contribution in [0.3, 0.4) is 0 Å². The second kappa shape index (κ2) is 12.7. The quantitative estimate of drug-likeness (QED) is 0.360. The normalized spacial score (nSPS) is 17.8. The molecule has 2 rings (SSSR count). The number of ether oxygens (including phenoxy) is 1. The van der Waals surface area contributed by atoms with E-state index < -0.39 is 0 Å². The zero-order valence-electron chi connectivity index (χ0n) is 16.4. The van der Waals surface area contributed by atoms with Gasteiger partial charge >= 0.3 is 0 Å². The van der Waals surface area contributed by atoms with Crippen molar-refractivity contribution < 1.29 is 4.74 Å². The molecule has 1 atom stereocenters. The van der Waals surface area contributed by atoms with Gasteiger partial charge in [-0.1, -0.05) is 25.1 Å². The minimum atomic E-state index is 0. The van der Waals surface area contributed by atoms with Gasteiger partial charge in [0, 0.05) is 49.8 Å². The van der Waals surface area contributed by atoms with Crippen LogP contribution >= 0.6 is 35.7 Å². The number of nitrogens with one attached hydrogen (secondary N) is 1. The van der Waals surface area contributed by atoms with Gasteiger partial charge in [-0.05, 0) is 26.6 Å². The molecule has 0 aromatic heterocycles. The first-order valence-electron chi connectivity index (χ1n) is 9.06. The summed E-state index contributed by atoms with van der Waals surface area (Å²) in [7, 11) is 5.98. The van der Waals surface area contributed by atoms with Gasteiger partial charge < -0.3 is 19.9 Å². The third-order valence-corrected chi connectivity index (χ3v) is 5.68. The van der Waals surface area contributed by atoms with Crippen LogP contribution in [0, 0.1) is 0 Å². The molecule has 1 saturated heterocycles. The highest BCUT2D eigenvalue weighted by Crippen LogP contribution is 2.21. The first kappa shape index (κ1) is 23.4. The Morgan fingerprint density at radius 2 is 2.15 bits per heavy atom. The van der Waals surface area contributed by atoms with E-state index in [0.29, 0.717) is 11.9 Å². The third-order valence-electron chi connectivity index (χ3n) is 4.31. The third kappa shape index (κ3) is 7.52. The smallest absolute Gasteiger partial charge is 0.193 e. The fraction of sp³-hybridized carbons (Fsp3) is 0.632. The molecule has 1 fully saturated rings. The molecule has 1 aromatic rings. The molecule has 0 bridgehead atoms. The Balaban J connectivity index is 0.00000338. The van der Waals surface area contributed by atoms with Crippen molar-refractivity contribution in [2.45, 2.75) is 25.1 Å². The van der Waals surface area contributed by atoms with Crippen LogP contribution < -0.4 is 10.1 Å². The molecule has 0 radical (unpaired) electrons. The van der Waals surface area contributed by atoms with Crippen molar-refractivity contribution in [3.63, 3.8) is 0 Å². The second-order valence-electron chi connectivity index (χ2n) is 6.51. The summed E-state index contributed by atoms with van der Waals surface area (Å²) in [5, 5.41) is 4.22. The number of likely N-dealkylation sites (N-methyl/N-ethyl adjacent to an activating group) is 1. The van der Waals surface area contributed by atoms with Crippen molar-refractivity contribution in [2.75, 3.05) is 53.1 Å². The zero-order chi connectivity index (χ0) is 18.1. The molecule has 1 unspecified atom stereocenters. The van der Waals surface area contributed by atoms with Crippen molar-refractivity contribution in [2.24, 2.45) is 4.99 Å². The summed E-state index contributed by atoms with van der Waals surface area (Å²) in [6, 6.07) is 8.24. The maximum atomic E-state index is 5.96. The molecular formula is C19H33IN4OS. The number of hydrogen-bond acceptors (Lipinski definition) is 4. The van der Waals surface area contributed by atoms with E-state index in [2.05, 4.69) is 65.0 Å². The van der Waals surface area contributed by atoms with Crippen LogP contribution in [0.15, 0.2) is 29.3 Å². The number of para-hydroxylation sites is 1. The van der Waals surface area contributed by atoms with E-state index in [9.17, 15) is 0 Å². The fourth-order valence-corrected chi connectivity index (χ4v) is 3.97. The van der Waals surface area contributed by atoms with Crippen LogP contribution in [0.1, 0.15) is 18.9 Å². The van der Waals surface area contributed by atoms with E-state index in [-0.39, 0.29) is 24.0 Å². The Bertz CT molecular complexity index is 556. The number of guanidine groups is 1. The molecule has 7 heteroatoms. The van der Waals surface area contributed by atoms with Crippen molar-refractivity contribution in [1.29, 1.82) is 0 Å². The standard InChI is InChI=1S/C19H32N4OS.HI/c1-5-17-15-23(11-13-25-17)19(20-2)21-14-16-8-6-7-9-18(16)24-12-10-22(3)4;/h6-9,17H,5,10-15H2,1-4H3,(H,20,21);1H. The molecular weight excluding hydrogens is 459 g/mol. The number of nitrogens with zero attached hydrogens (tertiary/aromatic N) is 3. The SMILES string of the molecule is CCC1CN(C(=NC)NCc2ccccc2OCCN(C)C)CCS1.I. The van der Waals surface area contributed by atoms with Gasteiger partial charge in [-0.3, -0.25) is 4.99 Å². The van der Waals surface area contributed by atoms with Gasteiger partial charge in [0.25, 0.3) is 0 Å². The van der Waals surface area contributed by atoms with Crippen LogP contribution in [0.5, 0.6) is 5.75 Å². The first-order valence-corrected chi connectivity index (χ1v) is 10.1. The Kier molecular flexibility index (Phi) is 11.4. The van der Waals surface area contributed by atoms with Gasteiger partial charge in [-0.2, -0.15) is 11.8 Å². The van der Waals surface area contributed by atoms with Gasteiger partial charge in [0.2, 0.25) is 0 Å². The average Bonchev–Trinajstić information content (AvgIpc) is 2.63. The van der Waals surface area contributed by atoms with Crippen LogP contribution in [-0.4, -0.2) is 74.1 Å². The summed E-state index contributed by atoms with van der Waals surface area (Å²) >= 11 is 2.07. The molecule has 1 N–H and O–H groups in total. The van der Waals surface area contributed by atoms with E-state index >= 15 is 0 Å². The van der Waals surface area contributed by atoms with Gasteiger partial charge in [0.1, 0.15) is 12.4 Å². The fourth-order valence-electron chi connectivity index (χ4n) is 2.79. The van der Waals surface area contributed by atoms with Gasteiger partial charge in [-0.25, -0.2) is 0 Å². The van der Waals surface area contributed by atoms with E-state index in [4.69, 9.17) is 4.74 Å². The second-order valence-corrected chi connectivity index (χ2v) is 7.92. The number of halogens is 1. The summed E-state index contributed by atoms with van der Waals surface area (Å²) < 4.78 is 5.96. The monoisotopic (exact) mass is 492 g/mol. The molecule has 0 amide bonds. The zero-order valence-corrected chi connectivity index (χ0v) is 19.5.